The van der Waals surface area contributed by atoms with Crippen molar-refractivity contribution in [2.24, 2.45) is 17.3 Å². The number of esters is 1. The lowest BCUT2D eigenvalue weighted by Crippen LogP contribution is -2.25. The van der Waals surface area contributed by atoms with Gasteiger partial charge < -0.3 is 4.74 Å². The van der Waals surface area contributed by atoms with Gasteiger partial charge in [-0.1, -0.05) is 34.6 Å². The van der Waals surface area contributed by atoms with Crippen LogP contribution in [0.15, 0.2) is 0 Å². The molecule has 1 aliphatic heterocycles. The van der Waals surface area contributed by atoms with E-state index < -0.39 is 0 Å². The van der Waals surface area contributed by atoms with Crippen molar-refractivity contribution in [1.29, 1.82) is 0 Å². The minimum atomic E-state index is -0.00470. The van der Waals surface area contributed by atoms with Gasteiger partial charge in [0.05, 0.1) is 5.92 Å². The molecule has 1 aliphatic rings. The summed E-state index contributed by atoms with van der Waals surface area (Å²) in [7, 11) is 0. The van der Waals surface area contributed by atoms with E-state index in [1.165, 1.54) is 0 Å². The molecule has 0 aromatic rings. The molecular weight excluding hydrogens is 164 g/mol. The number of carbonyl (C=O) groups is 1. The summed E-state index contributed by atoms with van der Waals surface area (Å²) in [6.07, 6.45) is 0.993. The summed E-state index contributed by atoms with van der Waals surface area (Å²) in [4.78, 5) is 11.5. The number of rotatable bonds is 1. The molecule has 0 spiro atoms. The minimum absolute atomic E-state index is 0.00470. The Balaban J connectivity index is 2.66. The SMILES string of the molecule is CC(C)C1CC(C(C)(C)C)OC1=O. The molecule has 0 aliphatic carbocycles. The maximum Gasteiger partial charge on any atom is 0.309 e. The van der Waals surface area contributed by atoms with Crippen molar-refractivity contribution in [3.63, 3.8) is 0 Å². The van der Waals surface area contributed by atoms with Crippen molar-refractivity contribution < 1.29 is 9.53 Å². The molecule has 1 rings (SSSR count). The third-order valence-corrected chi connectivity index (χ3v) is 2.80. The summed E-state index contributed by atoms with van der Waals surface area (Å²) in [6, 6.07) is 0. The second-order valence-corrected chi connectivity index (χ2v) is 5.38. The van der Waals surface area contributed by atoms with Gasteiger partial charge >= 0.3 is 5.97 Å². The molecule has 0 saturated carbocycles. The lowest BCUT2D eigenvalue weighted by atomic mass is 9.83. The van der Waals surface area contributed by atoms with Gasteiger partial charge in [-0.2, -0.15) is 0 Å². The van der Waals surface area contributed by atoms with E-state index in [0.29, 0.717) is 5.92 Å². The maximum atomic E-state index is 11.5. The Morgan fingerprint density at radius 1 is 1.38 bits per heavy atom. The fourth-order valence-corrected chi connectivity index (χ4v) is 1.68. The molecule has 2 unspecified atom stereocenters. The highest BCUT2D eigenvalue weighted by Gasteiger charge is 2.41. The Labute approximate surface area is 80.7 Å². The number of ether oxygens (including phenoxy) is 1. The third-order valence-electron chi connectivity index (χ3n) is 2.80. The van der Waals surface area contributed by atoms with Crippen LogP contribution in [0.3, 0.4) is 0 Å². The Hall–Kier alpha value is -0.530. The smallest absolute Gasteiger partial charge is 0.309 e. The van der Waals surface area contributed by atoms with Gasteiger partial charge in [0.25, 0.3) is 0 Å². The highest BCUT2D eigenvalue weighted by atomic mass is 16.6. The van der Waals surface area contributed by atoms with Gasteiger partial charge in [0.15, 0.2) is 0 Å². The van der Waals surface area contributed by atoms with Crippen LogP contribution in [0.25, 0.3) is 0 Å². The molecule has 0 amide bonds. The largest absolute Gasteiger partial charge is 0.462 e. The Bertz CT molecular complexity index is 201. The number of hydrogen-bond donors (Lipinski definition) is 0. The van der Waals surface area contributed by atoms with Gasteiger partial charge in [0, 0.05) is 0 Å². The first-order valence-corrected chi connectivity index (χ1v) is 5.03. The monoisotopic (exact) mass is 184 g/mol. The van der Waals surface area contributed by atoms with Crippen LogP contribution < -0.4 is 0 Å². The zero-order valence-corrected chi connectivity index (χ0v) is 9.26. The Kier molecular flexibility index (Phi) is 2.69. The topological polar surface area (TPSA) is 26.3 Å². The molecule has 2 nitrogen and oxygen atoms in total. The van der Waals surface area contributed by atoms with E-state index in [0.717, 1.165) is 6.42 Å². The van der Waals surface area contributed by atoms with Gasteiger partial charge in [-0.05, 0) is 17.8 Å². The molecule has 1 heterocycles. The van der Waals surface area contributed by atoms with Gasteiger partial charge in [-0.3, -0.25) is 4.79 Å². The normalized spacial score (nSPS) is 29.5. The van der Waals surface area contributed by atoms with Gasteiger partial charge in [-0.25, -0.2) is 0 Å². The van der Waals surface area contributed by atoms with Crippen LogP contribution in [0.2, 0.25) is 0 Å². The van der Waals surface area contributed by atoms with Crippen molar-refractivity contribution in [2.45, 2.75) is 47.1 Å². The predicted octanol–water partition coefficient (Wildman–Crippen LogP) is 2.62. The van der Waals surface area contributed by atoms with Crippen LogP contribution in [0, 0.1) is 17.3 Å². The maximum absolute atomic E-state index is 11.5. The summed E-state index contributed by atoms with van der Waals surface area (Å²) in [5, 5.41) is 0. The molecule has 2 atom stereocenters. The first kappa shape index (κ1) is 10.6. The third kappa shape index (κ3) is 2.23. The zero-order valence-electron chi connectivity index (χ0n) is 9.26. The van der Waals surface area contributed by atoms with Crippen LogP contribution in [-0.2, 0) is 9.53 Å². The first-order chi connectivity index (χ1) is 5.82. The van der Waals surface area contributed by atoms with E-state index in [1.54, 1.807) is 0 Å². The van der Waals surface area contributed by atoms with Gasteiger partial charge in [0.1, 0.15) is 6.10 Å². The lowest BCUT2D eigenvalue weighted by molar-refractivity contribution is -0.148. The fraction of sp³-hybridized carbons (Fsp3) is 0.909. The molecule has 13 heavy (non-hydrogen) atoms. The molecule has 0 bridgehead atoms. The first-order valence-electron chi connectivity index (χ1n) is 5.03. The van der Waals surface area contributed by atoms with Gasteiger partial charge in [0.2, 0.25) is 0 Å². The average molecular weight is 184 g/mol. The molecule has 0 N–H and O–H groups in total. The molecule has 1 saturated heterocycles. The summed E-state index contributed by atoms with van der Waals surface area (Å²) in [5.41, 5.74) is 0.0826. The number of carbonyl (C=O) groups excluding carboxylic acids is 1. The molecule has 0 aromatic heterocycles. The number of hydrogen-bond acceptors (Lipinski definition) is 2. The van der Waals surface area contributed by atoms with Crippen LogP contribution in [0.5, 0.6) is 0 Å². The summed E-state index contributed by atoms with van der Waals surface area (Å²) in [5.74, 6) is 0.513. The average Bonchev–Trinajstić information content (AvgIpc) is 2.29. The van der Waals surface area contributed by atoms with Crippen molar-refractivity contribution in [2.75, 3.05) is 0 Å². The zero-order chi connectivity index (χ0) is 10.2. The minimum Gasteiger partial charge on any atom is -0.462 e. The lowest BCUT2D eigenvalue weighted by Gasteiger charge is -2.25. The van der Waals surface area contributed by atoms with Crippen molar-refractivity contribution >= 4 is 5.97 Å². The highest BCUT2D eigenvalue weighted by Crippen LogP contribution is 2.36. The van der Waals surface area contributed by atoms with Crippen LogP contribution in [-0.4, -0.2) is 12.1 Å². The van der Waals surface area contributed by atoms with E-state index in [9.17, 15) is 4.79 Å². The highest BCUT2D eigenvalue weighted by molar-refractivity contribution is 5.75. The predicted molar refractivity (Wildman–Crippen MR) is 52.3 cm³/mol. The molecular formula is C11H20O2. The van der Waals surface area contributed by atoms with Crippen molar-refractivity contribution in [3.05, 3.63) is 0 Å². The van der Waals surface area contributed by atoms with E-state index in [-0.39, 0.29) is 23.4 Å². The Morgan fingerprint density at radius 2 is 1.92 bits per heavy atom. The van der Waals surface area contributed by atoms with Gasteiger partial charge in [-0.15, -0.1) is 0 Å². The van der Waals surface area contributed by atoms with Crippen LogP contribution in [0.1, 0.15) is 41.0 Å². The van der Waals surface area contributed by atoms with Crippen LogP contribution >= 0.6 is 0 Å². The molecule has 76 valence electrons. The Morgan fingerprint density at radius 3 is 2.15 bits per heavy atom. The van der Waals surface area contributed by atoms with E-state index in [2.05, 4.69) is 34.6 Å². The van der Waals surface area contributed by atoms with Crippen molar-refractivity contribution in [1.82, 2.24) is 0 Å². The second kappa shape index (κ2) is 3.32. The second-order valence-electron chi connectivity index (χ2n) is 5.38. The molecule has 2 heteroatoms. The molecule has 0 radical (unpaired) electrons. The summed E-state index contributed by atoms with van der Waals surface area (Å²) in [6.45, 7) is 10.5. The van der Waals surface area contributed by atoms with E-state index in [1.807, 2.05) is 0 Å². The quantitative estimate of drug-likeness (QED) is 0.585. The van der Waals surface area contributed by atoms with Crippen LogP contribution in [0.4, 0.5) is 0 Å². The van der Waals surface area contributed by atoms with E-state index in [4.69, 9.17) is 4.74 Å². The molecule has 1 fully saturated rings. The van der Waals surface area contributed by atoms with Crippen molar-refractivity contribution in [3.8, 4) is 0 Å². The fourth-order valence-electron chi connectivity index (χ4n) is 1.68. The molecule has 0 aromatic carbocycles. The van der Waals surface area contributed by atoms with E-state index >= 15 is 0 Å². The standard InChI is InChI=1S/C11H20O2/c1-7(2)8-6-9(11(3,4)5)13-10(8)12/h7-9H,6H2,1-5H3. The number of cyclic esters (lactones) is 1. The summed E-state index contributed by atoms with van der Waals surface area (Å²) >= 11 is 0. The summed E-state index contributed by atoms with van der Waals surface area (Å²) < 4.78 is 5.36.